The molecule has 4 nitrogen and oxygen atoms in total. The van der Waals surface area contributed by atoms with Gasteiger partial charge < -0.3 is 14.5 Å². The van der Waals surface area contributed by atoms with Crippen LogP contribution in [0.15, 0.2) is 59.8 Å². The molecule has 1 fully saturated rings. The highest BCUT2D eigenvalue weighted by Gasteiger charge is 2.64. The number of ether oxygens (including phenoxy) is 1. The first-order chi connectivity index (χ1) is 12.8. The zero-order chi connectivity index (χ0) is 18.0. The average molecular weight is 350 g/mol. The van der Waals surface area contributed by atoms with E-state index in [0.29, 0.717) is 6.61 Å². The van der Waals surface area contributed by atoms with Gasteiger partial charge in [-0.15, -0.1) is 0 Å². The summed E-state index contributed by atoms with van der Waals surface area (Å²) in [6, 6.07) is 18.6. The number of hydrogen-bond donors (Lipinski definition) is 0. The van der Waals surface area contributed by atoms with Crippen LogP contribution in [0, 0.1) is 5.92 Å². The van der Waals surface area contributed by atoms with Crippen LogP contribution in [0.4, 0.5) is 0 Å². The lowest BCUT2D eigenvalue weighted by Gasteiger charge is -2.27. The Kier molecular flexibility index (Phi) is 4.68. The highest BCUT2D eigenvalue weighted by atomic mass is 16.6. The van der Waals surface area contributed by atoms with Crippen LogP contribution in [0.3, 0.4) is 0 Å². The Morgan fingerprint density at radius 1 is 1.08 bits per heavy atom. The van der Waals surface area contributed by atoms with Gasteiger partial charge in [-0.1, -0.05) is 61.5 Å². The van der Waals surface area contributed by atoms with Gasteiger partial charge in [0, 0.05) is 18.5 Å². The molecule has 2 aliphatic rings. The van der Waals surface area contributed by atoms with Crippen LogP contribution < -0.4 is 4.74 Å². The maximum absolute atomic E-state index is 6.44. The van der Waals surface area contributed by atoms with Crippen LogP contribution in [0.25, 0.3) is 0 Å². The summed E-state index contributed by atoms with van der Waals surface area (Å²) in [4.78, 5) is 8.07. The molecule has 1 heterocycles. The Balaban J connectivity index is 1.57. The molecule has 2 aromatic carbocycles. The van der Waals surface area contributed by atoms with Crippen molar-refractivity contribution in [3.05, 3.63) is 65.7 Å². The number of rotatable bonds is 7. The molecular weight excluding hydrogens is 324 g/mol. The number of benzene rings is 2. The smallest absolute Gasteiger partial charge is 0.143 e. The molecule has 0 spiro atoms. The van der Waals surface area contributed by atoms with E-state index < -0.39 is 0 Å². The number of likely N-dealkylation sites (N-methyl/N-ethyl adjacent to an activating group) is 1. The monoisotopic (exact) mass is 350 g/mol. The highest BCUT2D eigenvalue weighted by Crippen LogP contribution is 2.60. The molecule has 4 heteroatoms. The maximum Gasteiger partial charge on any atom is 0.143 e. The van der Waals surface area contributed by atoms with E-state index in [9.17, 15) is 0 Å². The number of hydrogen-bond acceptors (Lipinski definition) is 4. The van der Waals surface area contributed by atoms with E-state index in [4.69, 9.17) is 9.57 Å². The molecule has 0 amide bonds. The molecule has 2 unspecified atom stereocenters. The first-order valence-corrected chi connectivity index (χ1v) is 9.54. The zero-order valence-corrected chi connectivity index (χ0v) is 15.5. The second-order valence-electron chi connectivity index (χ2n) is 6.95. The van der Waals surface area contributed by atoms with Crippen LogP contribution in [0.1, 0.15) is 31.4 Å². The number of para-hydroxylation sites is 1. The van der Waals surface area contributed by atoms with Gasteiger partial charge in [0.2, 0.25) is 0 Å². The fraction of sp³-hybridized carbons (Fsp3) is 0.409. The summed E-state index contributed by atoms with van der Waals surface area (Å²) in [6.45, 7) is 7.92. The van der Waals surface area contributed by atoms with Crippen molar-refractivity contribution in [3.63, 3.8) is 0 Å². The van der Waals surface area contributed by atoms with Gasteiger partial charge in [-0.3, -0.25) is 0 Å². The summed E-state index contributed by atoms with van der Waals surface area (Å²) >= 11 is 0. The molecule has 2 atom stereocenters. The van der Waals surface area contributed by atoms with Gasteiger partial charge >= 0.3 is 0 Å². The van der Waals surface area contributed by atoms with E-state index >= 15 is 0 Å². The van der Waals surface area contributed by atoms with Gasteiger partial charge in [-0.2, -0.15) is 0 Å². The van der Waals surface area contributed by atoms with Crippen LogP contribution in [0.5, 0.6) is 5.75 Å². The van der Waals surface area contributed by atoms with Crippen LogP contribution in [-0.2, 0) is 10.4 Å². The number of nitrogens with zero attached hydrogens (tertiary/aromatic N) is 2. The SMILES string of the molecule is CCN(CC)CCON=C1c2ccccc2OC2(c3ccccc3)CC12. The Bertz CT molecular complexity index is 786. The Morgan fingerprint density at radius 3 is 2.58 bits per heavy atom. The summed E-state index contributed by atoms with van der Waals surface area (Å²) in [5.41, 5.74) is 3.02. The van der Waals surface area contributed by atoms with E-state index in [2.05, 4.69) is 54.2 Å². The molecule has 1 aliphatic heterocycles. The van der Waals surface area contributed by atoms with Gasteiger partial charge in [0.1, 0.15) is 18.0 Å². The normalized spacial score (nSPS) is 24.7. The molecule has 26 heavy (non-hydrogen) atoms. The first-order valence-electron chi connectivity index (χ1n) is 9.54. The lowest BCUT2D eigenvalue weighted by atomic mass is 9.96. The van der Waals surface area contributed by atoms with Crippen molar-refractivity contribution in [1.29, 1.82) is 0 Å². The first kappa shape index (κ1) is 17.1. The van der Waals surface area contributed by atoms with Crippen molar-refractivity contribution >= 4 is 5.71 Å². The predicted molar refractivity (Wildman–Crippen MR) is 104 cm³/mol. The van der Waals surface area contributed by atoms with Crippen molar-refractivity contribution in [2.45, 2.75) is 25.9 Å². The minimum atomic E-state index is -0.281. The van der Waals surface area contributed by atoms with E-state index in [1.807, 2.05) is 24.3 Å². The largest absolute Gasteiger partial charge is 0.481 e. The predicted octanol–water partition coefficient (Wildman–Crippen LogP) is 4.06. The third kappa shape index (κ3) is 2.99. The molecule has 136 valence electrons. The lowest BCUT2D eigenvalue weighted by molar-refractivity contribution is 0.111. The molecule has 4 rings (SSSR count). The average Bonchev–Trinajstić information content (AvgIpc) is 3.43. The summed E-state index contributed by atoms with van der Waals surface area (Å²) in [7, 11) is 0. The fourth-order valence-corrected chi connectivity index (χ4v) is 3.86. The molecule has 0 N–H and O–H groups in total. The maximum atomic E-state index is 6.44. The number of oxime groups is 1. The van der Waals surface area contributed by atoms with Gasteiger partial charge in [0.15, 0.2) is 0 Å². The van der Waals surface area contributed by atoms with E-state index in [1.54, 1.807) is 0 Å². The summed E-state index contributed by atoms with van der Waals surface area (Å²) in [5, 5.41) is 4.57. The summed E-state index contributed by atoms with van der Waals surface area (Å²) in [5.74, 6) is 1.16. The Labute approximate surface area is 155 Å². The fourth-order valence-electron chi connectivity index (χ4n) is 3.86. The molecule has 0 radical (unpaired) electrons. The van der Waals surface area contributed by atoms with Crippen LogP contribution in [0.2, 0.25) is 0 Å². The van der Waals surface area contributed by atoms with E-state index in [-0.39, 0.29) is 11.5 Å². The van der Waals surface area contributed by atoms with Crippen molar-refractivity contribution in [2.75, 3.05) is 26.2 Å². The van der Waals surface area contributed by atoms with Gasteiger partial charge in [0.25, 0.3) is 0 Å². The quantitative estimate of drug-likeness (QED) is 0.558. The zero-order valence-electron chi connectivity index (χ0n) is 15.5. The third-order valence-electron chi connectivity index (χ3n) is 5.51. The van der Waals surface area contributed by atoms with Gasteiger partial charge in [-0.05, 0) is 30.8 Å². The Morgan fingerprint density at radius 2 is 1.81 bits per heavy atom. The lowest BCUT2D eigenvalue weighted by Crippen LogP contribution is -2.29. The molecule has 0 bridgehead atoms. The van der Waals surface area contributed by atoms with Gasteiger partial charge in [0.05, 0.1) is 11.6 Å². The summed E-state index contributed by atoms with van der Waals surface area (Å²) < 4.78 is 6.44. The third-order valence-corrected chi connectivity index (χ3v) is 5.51. The van der Waals surface area contributed by atoms with Crippen molar-refractivity contribution in [1.82, 2.24) is 4.90 Å². The summed E-state index contributed by atoms with van der Waals surface area (Å²) in [6.07, 6.45) is 0.948. The molecule has 0 saturated heterocycles. The molecule has 2 aromatic rings. The van der Waals surface area contributed by atoms with Crippen molar-refractivity contribution in [3.8, 4) is 5.75 Å². The highest BCUT2D eigenvalue weighted by molar-refractivity contribution is 6.08. The molecule has 1 aliphatic carbocycles. The van der Waals surface area contributed by atoms with Crippen molar-refractivity contribution < 1.29 is 9.57 Å². The van der Waals surface area contributed by atoms with Gasteiger partial charge in [-0.25, -0.2) is 0 Å². The standard InChI is InChI=1S/C22H26N2O2/c1-3-24(4-2)14-15-25-23-21-18-12-8-9-13-20(18)26-22(16-19(21)22)17-10-6-5-7-11-17/h5-13,19H,3-4,14-16H2,1-2H3. The molecule has 0 aromatic heterocycles. The second kappa shape index (κ2) is 7.12. The topological polar surface area (TPSA) is 34.1 Å². The second-order valence-corrected chi connectivity index (χ2v) is 6.95. The van der Waals surface area contributed by atoms with Crippen LogP contribution in [-0.4, -0.2) is 36.9 Å². The number of fused-ring (bicyclic) bond motifs is 2. The van der Waals surface area contributed by atoms with Crippen molar-refractivity contribution in [2.24, 2.45) is 11.1 Å². The minimum Gasteiger partial charge on any atom is -0.481 e. The van der Waals surface area contributed by atoms with E-state index in [1.165, 1.54) is 5.56 Å². The molecule has 1 saturated carbocycles. The minimum absolute atomic E-state index is 0.258. The van der Waals surface area contributed by atoms with Crippen LogP contribution >= 0.6 is 0 Å². The molecular formula is C22H26N2O2. The van der Waals surface area contributed by atoms with E-state index in [0.717, 1.165) is 43.1 Å². The Hall–Kier alpha value is -2.33.